The molecule has 0 spiro atoms. The number of carbonyl (C=O) groups excluding carboxylic acids is 1. The van der Waals surface area contributed by atoms with Crippen LogP contribution in [0.2, 0.25) is 0 Å². The summed E-state index contributed by atoms with van der Waals surface area (Å²) in [4.78, 5) is 12.7. The van der Waals surface area contributed by atoms with Crippen molar-refractivity contribution < 1.29 is 4.79 Å². The number of amides is 1. The van der Waals surface area contributed by atoms with Crippen molar-refractivity contribution in [1.29, 1.82) is 0 Å². The van der Waals surface area contributed by atoms with Crippen molar-refractivity contribution in [3.63, 3.8) is 0 Å². The van der Waals surface area contributed by atoms with E-state index in [-0.39, 0.29) is 5.91 Å². The number of carbonyl (C=O) groups is 1. The van der Waals surface area contributed by atoms with Crippen LogP contribution in [0.15, 0.2) is 46.9 Å². The number of anilines is 1. The lowest BCUT2D eigenvalue weighted by Crippen LogP contribution is -2.13. The molecular formula is C21H21BrN4O. The van der Waals surface area contributed by atoms with Crippen LogP contribution in [0.1, 0.15) is 41.0 Å². The zero-order valence-corrected chi connectivity index (χ0v) is 16.8. The number of aromatic nitrogens is 3. The first-order chi connectivity index (χ1) is 13.1. The largest absolute Gasteiger partial charge is 0.322 e. The van der Waals surface area contributed by atoms with Gasteiger partial charge in [-0.3, -0.25) is 4.79 Å². The summed E-state index contributed by atoms with van der Waals surface area (Å²) in [6, 6.07) is 13.5. The van der Waals surface area contributed by atoms with E-state index in [9.17, 15) is 4.79 Å². The van der Waals surface area contributed by atoms with E-state index < -0.39 is 0 Å². The highest BCUT2D eigenvalue weighted by molar-refractivity contribution is 9.10. The second-order valence-electron chi connectivity index (χ2n) is 6.87. The molecule has 1 N–H and O–H groups in total. The van der Waals surface area contributed by atoms with Crippen LogP contribution < -0.4 is 5.32 Å². The first kappa shape index (κ1) is 17.9. The normalized spacial score (nSPS) is 13.7. The molecule has 3 aromatic rings. The first-order valence-corrected chi connectivity index (χ1v) is 10.0. The predicted octanol–water partition coefficient (Wildman–Crippen LogP) is 4.99. The van der Waals surface area contributed by atoms with E-state index in [1.165, 1.54) is 12.8 Å². The Kier molecular flexibility index (Phi) is 5.07. The van der Waals surface area contributed by atoms with Gasteiger partial charge >= 0.3 is 0 Å². The van der Waals surface area contributed by atoms with Crippen LogP contribution in [0, 0.1) is 6.92 Å². The van der Waals surface area contributed by atoms with Gasteiger partial charge in [0.1, 0.15) is 5.82 Å². The minimum absolute atomic E-state index is 0.136. The van der Waals surface area contributed by atoms with Crippen LogP contribution in [0.4, 0.5) is 5.69 Å². The molecule has 0 aliphatic carbocycles. The van der Waals surface area contributed by atoms with Gasteiger partial charge in [-0.2, -0.15) is 0 Å². The van der Waals surface area contributed by atoms with E-state index in [2.05, 4.69) is 36.0 Å². The molecule has 6 heteroatoms. The summed E-state index contributed by atoms with van der Waals surface area (Å²) in [6.07, 6.45) is 4.52. The number of hydrogen-bond acceptors (Lipinski definition) is 3. The van der Waals surface area contributed by atoms with Gasteiger partial charge in [0.2, 0.25) is 0 Å². The quantitative estimate of drug-likeness (QED) is 0.643. The van der Waals surface area contributed by atoms with Crippen molar-refractivity contribution in [3.8, 4) is 11.4 Å². The number of fused-ring (bicyclic) bond motifs is 1. The zero-order valence-electron chi connectivity index (χ0n) is 15.2. The van der Waals surface area contributed by atoms with Gasteiger partial charge in [-0.15, -0.1) is 10.2 Å². The van der Waals surface area contributed by atoms with Gasteiger partial charge in [0, 0.05) is 28.7 Å². The maximum absolute atomic E-state index is 12.7. The van der Waals surface area contributed by atoms with Crippen molar-refractivity contribution >= 4 is 27.5 Å². The van der Waals surface area contributed by atoms with E-state index >= 15 is 0 Å². The minimum atomic E-state index is -0.136. The summed E-state index contributed by atoms with van der Waals surface area (Å²) < 4.78 is 3.00. The molecule has 27 heavy (non-hydrogen) atoms. The molecule has 1 amide bonds. The molecule has 138 valence electrons. The molecule has 0 saturated heterocycles. The highest BCUT2D eigenvalue weighted by atomic mass is 79.9. The van der Waals surface area contributed by atoms with Crippen molar-refractivity contribution in [2.75, 3.05) is 5.32 Å². The maximum Gasteiger partial charge on any atom is 0.256 e. The van der Waals surface area contributed by atoms with Gasteiger partial charge in [0.15, 0.2) is 5.82 Å². The van der Waals surface area contributed by atoms with Gasteiger partial charge in [-0.25, -0.2) is 0 Å². The number of aryl methyl sites for hydroxylation is 2. The Labute approximate surface area is 167 Å². The second-order valence-corrected chi connectivity index (χ2v) is 7.72. The minimum Gasteiger partial charge on any atom is -0.322 e. The van der Waals surface area contributed by atoms with Crippen molar-refractivity contribution in [2.24, 2.45) is 0 Å². The summed E-state index contributed by atoms with van der Waals surface area (Å²) in [5, 5.41) is 11.8. The average molecular weight is 425 g/mol. The highest BCUT2D eigenvalue weighted by Crippen LogP contribution is 2.27. The summed E-state index contributed by atoms with van der Waals surface area (Å²) in [7, 11) is 0. The Bertz CT molecular complexity index is 996. The third kappa shape index (κ3) is 3.67. The first-order valence-electron chi connectivity index (χ1n) is 9.22. The van der Waals surface area contributed by atoms with Crippen LogP contribution in [0.3, 0.4) is 0 Å². The highest BCUT2D eigenvalue weighted by Gasteiger charge is 2.17. The monoisotopic (exact) mass is 424 g/mol. The fourth-order valence-corrected chi connectivity index (χ4v) is 3.89. The van der Waals surface area contributed by atoms with Gasteiger partial charge in [0.05, 0.1) is 5.56 Å². The van der Waals surface area contributed by atoms with E-state index in [1.54, 1.807) is 6.07 Å². The van der Waals surface area contributed by atoms with E-state index in [4.69, 9.17) is 0 Å². The summed E-state index contributed by atoms with van der Waals surface area (Å²) >= 11 is 3.44. The SMILES string of the molecule is Cc1ccc(-c2nnc3n2CCCCC3)cc1NC(=O)c1ccccc1Br. The summed E-state index contributed by atoms with van der Waals surface area (Å²) in [6.45, 7) is 2.94. The lowest BCUT2D eigenvalue weighted by Gasteiger charge is -2.12. The topological polar surface area (TPSA) is 59.8 Å². The Morgan fingerprint density at radius 3 is 2.81 bits per heavy atom. The molecule has 1 aliphatic heterocycles. The smallest absolute Gasteiger partial charge is 0.256 e. The Morgan fingerprint density at radius 1 is 1.11 bits per heavy atom. The lowest BCUT2D eigenvalue weighted by molar-refractivity contribution is 0.102. The van der Waals surface area contributed by atoms with Gasteiger partial charge < -0.3 is 9.88 Å². The van der Waals surface area contributed by atoms with Gasteiger partial charge in [0.25, 0.3) is 5.91 Å². The Morgan fingerprint density at radius 2 is 1.96 bits per heavy atom. The average Bonchev–Trinajstić information content (AvgIpc) is 2.92. The van der Waals surface area contributed by atoms with Crippen LogP contribution in [-0.4, -0.2) is 20.7 Å². The molecule has 0 unspecified atom stereocenters. The van der Waals surface area contributed by atoms with Crippen molar-refractivity contribution in [3.05, 3.63) is 63.9 Å². The summed E-state index contributed by atoms with van der Waals surface area (Å²) in [5.41, 5.74) is 3.39. The standard InChI is InChI=1S/C21H21BrN4O/c1-14-10-11-15(20-25-24-19-9-3-2-6-12-26(19)20)13-18(14)23-21(27)16-7-4-5-8-17(16)22/h4-5,7-8,10-11,13H,2-3,6,9,12H2,1H3,(H,23,27). The number of nitrogens with zero attached hydrogens (tertiary/aromatic N) is 3. The molecule has 2 heterocycles. The molecule has 0 fully saturated rings. The number of rotatable bonds is 3. The molecule has 0 atom stereocenters. The molecule has 0 saturated carbocycles. The predicted molar refractivity (Wildman–Crippen MR) is 110 cm³/mol. The molecular weight excluding hydrogens is 404 g/mol. The van der Waals surface area contributed by atoms with Crippen LogP contribution >= 0.6 is 15.9 Å². The van der Waals surface area contributed by atoms with Gasteiger partial charge in [-0.05, 0) is 59.5 Å². The van der Waals surface area contributed by atoms with Crippen molar-refractivity contribution in [2.45, 2.75) is 39.2 Å². The third-order valence-corrected chi connectivity index (χ3v) is 5.66. The molecule has 5 nitrogen and oxygen atoms in total. The molecule has 0 bridgehead atoms. The molecule has 4 rings (SSSR count). The summed E-state index contributed by atoms with van der Waals surface area (Å²) in [5.74, 6) is 1.80. The fourth-order valence-electron chi connectivity index (χ4n) is 3.43. The van der Waals surface area contributed by atoms with Crippen molar-refractivity contribution in [1.82, 2.24) is 14.8 Å². The molecule has 2 aromatic carbocycles. The Balaban J connectivity index is 1.66. The second kappa shape index (κ2) is 7.64. The number of nitrogens with one attached hydrogen (secondary N) is 1. The third-order valence-electron chi connectivity index (χ3n) is 4.97. The maximum atomic E-state index is 12.7. The Hall–Kier alpha value is -2.47. The van der Waals surface area contributed by atoms with Crippen LogP contribution in [0.25, 0.3) is 11.4 Å². The van der Waals surface area contributed by atoms with Crippen LogP contribution in [-0.2, 0) is 13.0 Å². The lowest BCUT2D eigenvalue weighted by atomic mass is 10.1. The van der Waals surface area contributed by atoms with Gasteiger partial charge in [-0.1, -0.05) is 30.7 Å². The number of benzene rings is 2. The number of halogens is 1. The molecule has 0 radical (unpaired) electrons. The van der Waals surface area contributed by atoms with Crippen LogP contribution in [0.5, 0.6) is 0 Å². The molecule has 1 aromatic heterocycles. The molecule has 1 aliphatic rings. The van der Waals surface area contributed by atoms with E-state index in [0.717, 1.165) is 52.3 Å². The van der Waals surface area contributed by atoms with E-state index in [0.29, 0.717) is 5.56 Å². The zero-order chi connectivity index (χ0) is 18.8. The number of hydrogen-bond donors (Lipinski definition) is 1. The fraction of sp³-hybridized carbons (Fsp3) is 0.286. The van der Waals surface area contributed by atoms with E-state index in [1.807, 2.05) is 43.3 Å².